The lowest BCUT2D eigenvalue weighted by atomic mass is 9.91. The van der Waals surface area contributed by atoms with Crippen molar-refractivity contribution in [1.29, 1.82) is 0 Å². The second-order valence-electron chi connectivity index (χ2n) is 6.25. The molecule has 0 aliphatic carbocycles. The van der Waals surface area contributed by atoms with Gasteiger partial charge in [0.25, 0.3) is 5.91 Å². The molecule has 0 aromatic heterocycles. The maximum absolute atomic E-state index is 13.2. The predicted octanol–water partition coefficient (Wildman–Crippen LogP) is 3.86. The van der Waals surface area contributed by atoms with E-state index in [4.69, 9.17) is 0 Å². The van der Waals surface area contributed by atoms with E-state index in [9.17, 15) is 19.1 Å². The lowest BCUT2D eigenvalue weighted by molar-refractivity contribution is -0.141. The molecule has 124 valence electrons. The number of carbonyl (C=O) groups excluding carboxylic acids is 1. The highest BCUT2D eigenvalue weighted by atomic mass is 19.1. The first-order valence-corrected chi connectivity index (χ1v) is 7.74. The summed E-state index contributed by atoms with van der Waals surface area (Å²) in [7, 11) is 0. The third kappa shape index (κ3) is 2.46. The Morgan fingerprint density at radius 1 is 1.17 bits per heavy atom. The van der Waals surface area contributed by atoms with Gasteiger partial charge in [0.1, 0.15) is 5.82 Å². The summed E-state index contributed by atoms with van der Waals surface area (Å²) in [5.74, 6) is -2.43. The first-order chi connectivity index (χ1) is 11.3. The van der Waals surface area contributed by atoms with E-state index in [1.54, 1.807) is 13.0 Å². The molecule has 2 aromatic carbocycles. The summed E-state index contributed by atoms with van der Waals surface area (Å²) >= 11 is 0. The number of fused-ring (bicyclic) bond motifs is 1. The Morgan fingerprint density at radius 2 is 1.75 bits per heavy atom. The standard InChI is InChI=1S/C19H18FNO3/c1-10-8-15-16(9-11(10)2)18(22)21(17(15)12(3)19(23)24)14-6-4-13(20)5-7-14/h4-9,12,17H,1-3H3,(H,23,24). The molecule has 2 atom stereocenters. The van der Waals surface area contributed by atoms with Crippen LogP contribution in [0.4, 0.5) is 10.1 Å². The third-order valence-electron chi connectivity index (χ3n) is 4.68. The number of anilines is 1. The minimum Gasteiger partial charge on any atom is -0.481 e. The molecule has 1 heterocycles. The molecule has 2 aromatic rings. The van der Waals surface area contributed by atoms with Gasteiger partial charge in [-0.05, 0) is 67.8 Å². The van der Waals surface area contributed by atoms with Gasteiger partial charge in [-0.25, -0.2) is 4.39 Å². The molecular weight excluding hydrogens is 309 g/mol. The number of rotatable bonds is 3. The Balaban J connectivity index is 2.19. The number of halogens is 1. The molecule has 5 heteroatoms. The second-order valence-corrected chi connectivity index (χ2v) is 6.25. The van der Waals surface area contributed by atoms with Gasteiger partial charge in [0, 0.05) is 11.3 Å². The Kier molecular flexibility index (Phi) is 3.87. The number of carbonyl (C=O) groups is 2. The monoisotopic (exact) mass is 327 g/mol. The van der Waals surface area contributed by atoms with E-state index in [0.29, 0.717) is 16.8 Å². The fraction of sp³-hybridized carbons (Fsp3) is 0.263. The van der Waals surface area contributed by atoms with Gasteiger partial charge in [-0.15, -0.1) is 0 Å². The van der Waals surface area contributed by atoms with Crippen LogP contribution in [0, 0.1) is 25.6 Å². The molecule has 1 aliphatic rings. The van der Waals surface area contributed by atoms with Gasteiger partial charge in [0.05, 0.1) is 12.0 Å². The molecular formula is C19H18FNO3. The summed E-state index contributed by atoms with van der Waals surface area (Å²) < 4.78 is 13.2. The number of amides is 1. The number of carboxylic acid groups (broad SMARTS) is 1. The van der Waals surface area contributed by atoms with E-state index in [0.717, 1.165) is 11.1 Å². The Labute approximate surface area is 139 Å². The van der Waals surface area contributed by atoms with Gasteiger partial charge in [0.2, 0.25) is 0 Å². The highest BCUT2D eigenvalue weighted by Crippen LogP contribution is 2.42. The normalized spacial score (nSPS) is 17.8. The Morgan fingerprint density at radius 3 is 2.33 bits per heavy atom. The zero-order valence-electron chi connectivity index (χ0n) is 13.7. The van der Waals surface area contributed by atoms with Crippen LogP contribution in [0.2, 0.25) is 0 Å². The van der Waals surface area contributed by atoms with E-state index in [1.165, 1.54) is 29.2 Å². The average molecular weight is 327 g/mol. The van der Waals surface area contributed by atoms with Gasteiger partial charge in [-0.3, -0.25) is 14.5 Å². The summed E-state index contributed by atoms with van der Waals surface area (Å²) in [6.07, 6.45) is 0. The Hall–Kier alpha value is -2.69. The van der Waals surface area contributed by atoms with Crippen LogP contribution in [0.15, 0.2) is 36.4 Å². The molecule has 0 spiro atoms. The van der Waals surface area contributed by atoms with Crippen molar-refractivity contribution in [3.05, 3.63) is 64.5 Å². The number of benzene rings is 2. The van der Waals surface area contributed by atoms with Gasteiger partial charge in [-0.1, -0.05) is 6.07 Å². The summed E-state index contributed by atoms with van der Waals surface area (Å²) in [5, 5.41) is 9.49. The lowest BCUT2D eigenvalue weighted by Crippen LogP contribution is -2.34. The number of carboxylic acids is 1. The van der Waals surface area contributed by atoms with Gasteiger partial charge in [0.15, 0.2) is 0 Å². The molecule has 2 unspecified atom stereocenters. The highest BCUT2D eigenvalue weighted by molar-refractivity contribution is 6.11. The smallest absolute Gasteiger partial charge is 0.308 e. The minimum absolute atomic E-state index is 0.252. The van der Waals surface area contributed by atoms with E-state index in [2.05, 4.69) is 0 Å². The maximum atomic E-state index is 13.2. The molecule has 0 saturated heterocycles. The number of aliphatic carboxylic acids is 1. The van der Waals surface area contributed by atoms with Crippen LogP contribution in [0.25, 0.3) is 0 Å². The zero-order chi connectivity index (χ0) is 17.6. The van der Waals surface area contributed by atoms with Crippen LogP contribution < -0.4 is 4.90 Å². The van der Waals surface area contributed by atoms with Crippen LogP contribution in [-0.4, -0.2) is 17.0 Å². The highest BCUT2D eigenvalue weighted by Gasteiger charge is 2.43. The molecule has 0 bridgehead atoms. The summed E-state index contributed by atoms with van der Waals surface area (Å²) in [5.41, 5.74) is 3.70. The topological polar surface area (TPSA) is 57.6 Å². The van der Waals surface area contributed by atoms with Crippen molar-refractivity contribution in [2.45, 2.75) is 26.8 Å². The summed E-state index contributed by atoms with van der Waals surface area (Å²) in [6.45, 7) is 5.43. The first-order valence-electron chi connectivity index (χ1n) is 7.74. The maximum Gasteiger partial charge on any atom is 0.308 e. The number of hydrogen-bond acceptors (Lipinski definition) is 2. The van der Waals surface area contributed by atoms with Gasteiger partial charge < -0.3 is 5.11 Å². The number of aryl methyl sites for hydroxylation is 2. The fourth-order valence-electron chi connectivity index (χ4n) is 3.17. The van der Waals surface area contributed by atoms with Gasteiger partial charge in [-0.2, -0.15) is 0 Å². The SMILES string of the molecule is Cc1cc2c(cc1C)C(C(C)C(=O)O)N(c1ccc(F)cc1)C2=O. The van der Waals surface area contributed by atoms with Crippen molar-refractivity contribution in [3.63, 3.8) is 0 Å². The molecule has 1 aliphatic heterocycles. The number of nitrogens with zero attached hydrogens (tertiary/aromatic N) is 1. The van der Waals surface area contributed by atoms with E-state index in [-0.39, 0.29) is 5.91 Å². The number of hydrogen-bond donors (Lipinski definition) is 1. The largest absolute Gasteiger partial charge is 0.481 e. The van der Waals surface area contributed by atoms with Crippen molar-refractivity contribution < 1.29 is 19.1 Å². The van der Waals surface area contributed by atoms with E-state index >= 15 is 0 Å². The van der Waals surface area contributed by atoms with Gasteiger partial charge >= 0.3 is 5.97 Å². The van der Waals surface area contributed by atoms with Crippen LogP contribution >= 0.6 is 0 Å². The molecule has 0 saturated carbocycles. The fourth-order valence-corrected chi connectivity index (χ4v) is 3.17. The molecule has 4 nitrogen and oxygen atoms in total. The summed E-state index contributed by atoms with van der Waals surface area (Å²) in [4.78, 5) is 26.0. The minimum atomic E-state index is -0.981. The molecule has 24 heavy (non-hydrogen) atoms. The molecule has 1 amide bonds. The predicted molar refractivity (Wildman–Crippen MR) is 88.7 cm³/mol. The van der Waals surface area contributed by atoms with Crippen LogP contribution in [0.3, 0.4) is 0 Å². The van der Waals surface area contributed by atoms with E-state index in [1.807, 2.05) is 19.9 Å². The van der Waals surface area contributed by atoms with Crippen molar-refractivity contribution in [3.8, 4) is 0 Å². The van der Waals surface area contributed by atoms with Crippen molar-refractivity contribution in [1.82, 2.24) is 0 Å². The first kappa shape index (κ1) is 16.2. The van der Waals surface area contributed by atoms with Crippen LogP contribution in [-0.2, 0) is 4.79 Å². The van der Waals surface area contributed by atoms with Crippen LogP contribution in [0.1, 0.15) is 40.0 Å². The second kappa shape index (κ2) is 5.74. The van der Waals surface area contributed by atoms with Crippen molar-refractivity contribution in [2.75, 3.05) is 4.90 Å². The Bertz CT molecular complexity index is 829. The van der Waals surface area contributed by atoms with Crippen molar-refractivity contribution >= 4 is 17.6 Å². The zero-order valence-corrected chi connectivity index (χ0v) is 13.7. The van der Waals surface area contributed by atoms with Crippen LogP contribution in [0.5, 0.6) is 0 Å². The molecule has 0 radical (unpaired) electrons. The van der Waals surface area contributed by atoms with Crippen molar-refractivity contribution in [2.24, 2.45) is 5.92 Å². The van der Waals surface area contributed by atoms with E-state index < -0.39 is 23.7 Å². The quantitative estimate of drug-likeness (QED) is 0.931. The molecule has 3 rings (SSSR count). The average Bonchev–Trinajstić information content (AvgIpc) is 2.80. The lowest BCUT2D eigenvalue weighted by Gasteiger charge is -2.28. The molecule has 0 fully saturated rings. The summed E-state index contributed by atoms with van der Waals surface area (Å²) in [6, 6.07) is 8.61. The molecule has 1 N–H and O–H groups in total. The third-order valence-corrected chi connectivity index (χ3v) is 4.68.